The average Bonchev–Trinajstić information content (AvgIpc) is 3.38. The Morgan fingerprint density at radius 3 is 2.72 bits per heavy atom. The average molecular weight is 561 g/mol. The van der Waals surface area contributed by atoms with Crippen molar-refractivity contribution in [2.75, 3.05) is 13.7 Å². The maximum absolute atomic E-state index is 14.0. The number of hydrogen-bond donors (Lipinski definition) is 1. The second-order valence-corrected chi connectivity index (χ2v) is 9.56. The highest BCUT2D eigenvalue weighted by atomic mass is 79.9. The van der Waals surface area contributed by atoms with E-state index in [0.29, 0.717) is 52.4 Å². The lowest BCUT2D eigenvalue weighted by Crippen LogP contribution is -2.41. The number of aryl methyl sites for hydroxylation is 2. The molecule has 0 unspecified atom stereocenters. The van der Waals surface area contributed by atoms with Crippen LogP contribution in [0.5, 0.6) is 5.75 Å². The first kappa shape index (κ1) is 24.4. The van der Waals surface area contributed by atoms with Gasteiger partial charge in [-0.2, -0.15) is 18.3 Å². The first-order valence-electron chi connectivity index (χ1n) is 11.5. The molecule has 0 bridgehead atoms. The second kappa shape index (κ2) is 8.99. The van der Waals surface area contributed by atoms with Crippen LogP contribution in [0, 0.1) is 6.92 Å². The highest BCUT2D eigenvalue weighted by molar-refractivity contribution is 9.10. The standard InChI is InChI=1S/C26H24BrF3N4O2/c1-4-34-24(21(27)14(2)32-34)25(35)33-11-10-18-19-13-17(36-3)8-9-20(19)31-22(18)23(33)15-6-5-7-16(12-15)26(28,29)30/h5-9,12-13,23,31H,4,10-11H2,1-3H3/t23-/m0/s1. The molecule has 1 atom stereocenters. The van der Waals surface area contributed by atoms with Crippen molar-refractivity contribution >= 4 is 32.7 Å². The van der Waals surface area contributed by atoms with E-state index in [0.717, 1.165) is 28.6 Å². The van der Waals surface area contributed by atoms with E-state index < -0.39 is 17.8 Å². The second-order valence-electron chi connectivity index (χ2n) is 8.77. The minimum absolute atomic E-state index is 0.298. The third-order valence-electron chi connectivity index (χ3n) is 6.68. The topological polar surface area (TPSA) is 63.2 Å². The summed E-state index contributed by atoms with van der Waals surface area (Å²) < 4.78 is 48.5. The lowest BCUT2D eigenvalue weighted by atomic mass is 9.91. The maximum atomic E-state index is 14.0. The molecule has 0 saturated heterocycles. The lowest BCUT2D eigenvalue weighted by molar-refractivity contribution is -0.137. The predicted molar refractivity (Wildman–Crippen MR) is 133 cm³/mol. The molecule has 5 rings (SSSR count). The molecule has 1 amide bonds. The predicted octanol–water partition coefficient (Wildman–Crippen LogP) is 6.27. The summed E-state index contributed by atoms with van der Waals surface area (Å²) in [4.78, 5) is 19.0. The van der Waals surface area contributed by atoms with Gasteiger partial charge in [0.2, 0.25) is 0 Å². The number of fused-ring (bicyclic) bond motifs is 3. The Labute approximate surface area is 214 Å². The fraction of sp³-hybridized carbons (Fsp3) is 0.308. The molecular formula is C26H24BrF3N4O2. The van der Waals surface area contributed by atoms with Gasteiger partial charge >= 0.3 is 6.18 Å². The smallest absolute Gasteiger partial charge is 0.416 e. The van der Waals surface area contributed by atoms with E-state index in [9.17, 15) is 18.0 Å². The Bertz CT molecular complexity index is 1470. The molecule has 10 heteroatoms. The monoisotopic (exact) mass is 560 g/mol. The summed E-state index contributed by atoms with van der Waals surface area (Å²) in [5.41, 5.74) is 3.19. The molecule has 0 spiro atoms. The minimum atomic E-state index is -4.50. The van der Waals surface area contributed by atoms with Crippen molar-refractivity contribution in [3.05, 3.63) is 80.7 Å². The molecular weight excluding hydrogens is 537 g/mol. The number of amides is 1. The van der Waals surface area contributed by atoms with Crippen LogP contribution in [-0.2, 0) is 19.1 Å². The molecule has 1 N–H and O–H groups in total. The molecule has 3 heterocycles. The number of carbonyl (C=O) groups is 1. The van der Waals surface area contributed by atoms with Gasteiger partial charge < -0.3 is 14.6 Å². The summed E-state index contributed by atoms with van der Waals surface area (Å²) in [7, 11) is 1.59. The van der Waals surface area contributed by atoms with Gasteiger partial charge in [-0.1, -0.05) is 12.1 Å². The Balaban J connectivity index is 1.71. The van der Waals surface area contributed by atoms with Gasteiger partial charge in [0, 0.05) is 29.7 Å². The number of alkyl halides is 3. The third kappa shape index (κ3) is 3.97. The summed E-state index contributed by atoms with van der Waals surface area (Å²) >= 11 is 3.50. The van der Waals surface area contributed by atoms with Crippen LogP contribution in [0.1, 0.15) is 51.5 Å². The first-order chi connectivity index (χ1) is 17.1. The normalized spacial score (nSPS) is 15.9. The molecule has 4 aromatic rings. The summed E-state index contributed by atoms with van der Waals surface area (Å²) in [5.74, 6) is 0.387. The van der Waals surface area contributed by atoms with E-state index in [1.54, 1.807) is 29.7 Å². The number of aromatic nitrogens is 3. The van der Waals surface area contributed by atoms with Gasteiger partial charge in [0.15, 0.2) is 0 Å². The van der Waals surface area contributed by atoms with Crippen LogP contribution in [0.3, 0.4) is 0 Å². The molecule has 1 aliphatic heterocycles. The van der Waals surface area contributed by atoms with Crippen LogP contribution in [-0.4, -0.2) is 39.2 Å². The van der Waals surface area contributed by atoms with Gasteiger partial charge in [-0.05, 0) is 77.7 Å². The van der Waals surface area contributed by atoms with Crippen molar-refractivity contribution in [3.63, 3.8) is 0 Å². The number of nitrogens with zero attached hydrogens (tertiary/aromatic N) is 3. The van der Waals surface area contributed by atoms with Gasteiger partial charge in [0.25, 0.3) is 5.91 Å². The Morgan fingerprint density at radius 2 is 2.03 bits per heavy atom. The van der Waals surface area contributed by atoms with E-state index in [1.165, 1.54) is 6.07 Å². The number of hydrogen-bond acceptors (Lipinski definition) is 3. The van der Waals surface area contributed by atoms with Crippen molar-refractivity contribution in [2.24, 2.45) is 0 Å². The number of carbonyl (C=O) groups excluding carboxylic acids is 1. The molecule has 0 fully saturated rings. The van der Waals surface area contributed by atoms with Crippen molar-refractivity contribution in [1.29, 1.82) is 0 Å². The molecule has 1 aliphatic rings. The van der Waals surface area contributed by atoms with Gasteiger partial charge in [0.1, 0.15) is 11.4 Å². The van der Waals surface area contributed by atoms with Gasteiger partial charge in [-0.3, -0.25) is 9.48 Å². The molecule has 6 nitrogen and oxygen atoms in total. The molecule has 188 valence electrons. The van der Waals surface area contributed by atoms with Crippen molar-refractivity contribution in [1.82, 2.24) is 19.7 Å². The van der Waals surface area contributed by atoms with E-state index in [1.807, 2.05) is 25.1 Å². The molecule has 0 saturated carbocycles. The van der Waals surface area contributed by atoms with E-state index in [2.05, 4.69) is 26.0 Å². The molecule has 2 aromatic carbocycles. The number of benzene rings is 2. The number of ether oxygens (including phenoxy) is 1. The number of halogens is 4. The first-order valence-corrected chi connectivity index (χ1v) is 12.3. The van der Waals surface area contributed by atoms with E-state index in [4.69, 9.17) is 4.74 Å². The zero-order valence-corrected chi connectivity index (χ0v) is 21.5. The molecule has 0 aliphatic carbocycles. The molecule has 36 heavy (non-hydrogen) atoms. The van der Waals surface area contributed by atoms with Gasteiger partial charge in [-0.15, -0.1) is 0 Å². The highest BCUT2D eigenvalue weighted by Crippen LogP contribution is 2.42. The van der Waals surface area contributed by atoms with E-state index in [-0.39, 0.29) is 5.91 Å². The van der Waals surface area contributed by atoms with Crippen LogP contribution in [0.15, 0.2) is 46.9 Å². The maximum Gasteiger partial charge on any atom is 0.416 e. The minimum Gasteiger partial charge on any atom is -0.497 e. The van der Waals surface area contributed by atoms with Gasteiger partial charge in [-0.25, -0.2) is 0 Å². The highest BCUT2D eigenvalue weighted by Gasteiger charge is 2.38. The van der Waals surface area contributed by atoms with E-state index >= 15 is 0 Å². The van der Waals surface area contributed by atoms with Crippen molar-refractivity contribution in [3.8, 4) is 5.75 Å². The fourth-order valence-electron chi connectivity index (χ4n) is 4.97. The summed E-state index contributed by atoms with van der Waals surface area (Å²) in [6.07, 6.45) is -3.96. The van der Waals surface area contributed by atoms with Crippen molar-refractivity contribution < 1.29 is 22.7 Å². The largest absolute Gasteiger partial charge is 0.497 e. The zero-order valence-electron chi connectivity index (χ0n) is 19.9. The summed E-state index contributed by atoms with van der Waals surface area (Å²) in [5, 5.41) is 5.37. The van der Waals surface area contributed by atoms with Crippen LogP contribution in [0.2, 0.25) is 0 Å². The molecule has 0 radical (unpaired) electrons. The fourth-order valence-corrected chi connectivity index (χ4v) is 5.43. The molecule has 2 aromatic heterocycles. The number of rotatable bonds is 4. The summed E-state index contributed by atoms with van der Waals surface area (Å²) in [6, 6.07) is 10.1. The number of methoxy groups -OCH3 is 1. The van der Waals surface area contributed by atoms with Crippen molar-refractivity contribution in [2.45, 2.75) is 39.0 Å². The SMILES string of the molecule is CCn1nc(C)c(Br)c1C(=O)N1CCc2c([nH]c3ccc(OC)cc23)[C@@H]1c1cccc(C(F)(F)F)c1. The van der Waals surface area contributed by atoms with Crippen LogP contribution in [0.4, 0.5) is 13.2 Å². The van der Waals surface area contributed by atoms with Gasteiger partial charge in [0.05, 0.1) is 28.9 Å². The Kier molecular flexibility index (Phi) is 6.10. The third-order valence-corrected chi connectivity index (χ3v) is 7.63. The Morgan fingerprint density at radius 1 is 1.25 bits per heavy atom. The number of aromatic amines is 1. The quantitative estimate of drug-likeness (QED) is 0.320. The summed E-state index contributed by atoms with van der Waals surface area (Å²) in [6.45, 7) is 4.50. The Hall–Kier alpha value is -3.27. The lowest BCUT2D eigenvalue weighted by Gasteiger charge is -2.36. The number of H-pyrrole nitrogens is 1. The van der Waals surface area contributed by atoms with Crippen LogP contribution in [0.25, 0.3) is 10.9 Å². The zero-order chi connectivity index (χ0) is 25.8. The van der Waals surface area contributed by atoms with Crippen LogP contribution < -0.4 is 4.74 Å². The van der Waals surface area contributed by atoms with Crippen LogP contribution >= 0.6 is 15.9 Å². The number of nitrogens with one attached hydrogen (secondary N) is 1.